The molecule has 5 N–H and O–H groups in total. The lowest BCUT2D eigenvalue weighted by atomic mass is 9.82. The fourth-order valence-corrected chi connectivity index (χ4v) is 4.19. The quantitative estimate of drug-likeness (QED) is 0.336. The van der Waals surface area contributed by atoms with Crippen molar-refractivity contribution in [2.45, 2.75) is 56.4 Å². The van der Waals surface area contributed by atoms with Crippen LogP contribution >= 0.6 is 0 Å². The maximum atomic E-state index is 12.0. The molecule has 0 spiro atoms. The molecule has 27 heavy (non-hydrogen) atoms. The molecule has 1 aliphatic carbocycles. The fourth-order valence-electron chi connectivity index (χ4n) is 4.19. The van der Waals surface area contributed by atoms with Crippen LogP contribution in [0.25, 0.3) is 0 Å². The standard InChI is InChI=1S/C17H26O10/c1-6-3-8(19)11-7(15(23)24-2)5-25-16(10(6)11)27-17-14(22)13(21)12(20)9(4-18)26-17/h5-6,8-14,16-22H,3-4H2,1-2H3/t6-,8-,9+,10-,11+,12+,13-,14+,16+,17-/m1/s1. The summed E-state index contributed by atoms with van der Waals surface area (Å²) in [7, 11) is 1.24. The highest BCUT2D eigenvalue weighted by Gasteiger charge is 2.53. The molecule has 3 rings (SSSR count). The van der Waals surface area contributed by atoms with Gasteiger partial charge in [0, 0.05) is 11.8 Å². The highest BCUT2D eigenvalue weighted by Crippen LogP contribution is 2.47. The summed E-state index contributed by atoms with van der Waals surface area (Å²) < 4.78 is 21.3. The van der Waals surface area contributed by atoms with Gasteiger partial charge in [-0.1, -0.05) is 6.92 Å². The normalized spacial score (nSPS) is 47.0. The largest absolute Gasteiger partial charge is 0.472 e. The van der Waals surface area contributed by atoms with Crippen LogP contribution in [0.5, 0.6) is 0 Å². The van der Waals surface area contributed by atoms with Gasteiger partial charge in [-0.25, -0.2) is 4.79 Å². The predicted octanol–water partition coefficient (Wildman–Crippen LogP) is -2.15. The maximum absolute atomic E-state index is 12.0. The van der Waals surface area contributed by atoms with Gasteiger partial charge < -0.3 is 44.5 Å². The number of ether oxygens (including phenoxy) is 4. The Kier molecular flexibility index (Phi) is 6.06. The Balaban J connectivity index is 1.80. The summed E-state index contributed by atoms with van der Waals surface area (Å²) >= 11 is 0. The Morgan fingerprint density at radius 2 is 1.89 bits per heavy atom. The number of hydrogen-bond acceptors (Lipinski definition) is 10. The first-order valence-electron chi connectivity index (χ1n) is 8.88. The molecule has 0 aromatic carbocycles. The van der Waals surface area contributed by atoms with E-state index in [-0.39, 0.29) is 11.5 Å². The highest BCUT2D eigenvalue weighted by molar-refractivity contribution is 5.89. The van der Waals surface area contributed by atoms with E-state index in [1.54, 1.807) is 0 Å². The molecule has 0 unspecified atom stereocenters. The molecule has 10 atom stereocenters. The lowest BCUT2D eigenvalue weighted by Gasteiger charge is -2.43. The SMILES string of the molecule is COC(=O)C1=CO[C@@H](O[C@H]2O[C@@H](CO)[C@H](O)[C@@H](O)[C@@H]2O)[C@H]2[C@@H]1[C@H](O)C[C@H]2C. The minimum atomic E-state index is -1.58. The van der Waals surface area contributed by atoms with Gasteiger partial charge in [0.2, 0.25) is 6.29 Å². The van der Waals surface area contributed by atoms with Gasteiger partial charge in [0.1, 0.15) is 24.4 Å². The van der Waals surface area contributed by atoms with Gasteiger partial charge in [0.05, 0.1) is 31.7 Å². The average molecular weight is 390 g/mol. The zero-order valence-electron chi connectivity index (χ0n) is 15.0. The van der Waals surface area contributed by atoms with E-state index < -0.39 is 67.5 Å². The molecule has 10 nitrogen and oxygen atoms in total. The molecule has 1 saturated carbocycles. The van der Waals surface area contributed by atoms with E-state index in [4.69, 9.17) is 18.9 Å². The molecule has 2 fully saturated rings. The molecular formula is C17H26O10. The average Bonchev–Trinajstić information content (AvgIpc) is 2.96. The number of methoxy groups -OCH3 is 1. The number of esters is 1. The monoisotopic (exact) mass is 390 g/mol. The highest BCUT2D eigenvalue weighted by atomic mass is 16.8. The Morgan fingerprint density at radius 3 is 2.52 bits per heavy atom. The topological polar surface area (TPSA) is 155 Å². The van der Waals surface area contributed by atoms with Crippen molar-refractivity contribution in [3.05, 3.63) is 11.8 Å². The number of carbonyl (C=O) groups excluding carboxylic acids is 1. The maximum Gasteiger partial charge on any atom is 0.337 e. The molecule has 3 aliphatic rings. The van der Waals surface area contributed by atoms with Crippen molar-refractivity contribution in [2.75, 3.05) is 13.7 Å². The van der Waals surface area contributed by atoms with E-state index >= 15 is 0 Å². The molecule has 0 radical (unpaired) electrons. The van der Waals surface area contributed by atoms with E-state index in [0.29, 0.717) is 6.42 Å². The molecule has 0 amide bonds. The zero-order chi connectivity index (χ0) is 19.9. The summed E-state index contributed by atoms with van der Waals surface area (Å²) in [4.78, 5) is 12.0. The van der Waals surface area contributed by atoms with Gasteiger partial charge in [0.15, 0.2) is 6.29 Å². The first-order valence-corrected chi connectivity index (χ1v) is 8.88. The van der Waals surface area contributed by atoms with Crippen LogP contribution in [0.3, 0.4) is 0 Å². The second-order valence-electron chi connectivity index (χ2n) is 7.29. The van der Waals surface area contributed by atoms with E-state index in [1.165, 1.54) is 13.4 Å². The Bertz CT molecular complexity index is 578. The summed E-state index contributed by atoms with van der Waals surface area (Å²) in [6.45, 7) is 1.30. The van der Waals surface area contributed by atoms with E-state index in [2.05, 4.69) is 0 Å². The van der Waals surface area contributed by atoms with Gasteiger partial charge in [-0.2, -0.15) is 0 Å². The summed E-state index contributed by atoms with van der Waals surface area (Å²) in [5, 5.41) is 49.6. The third-order valence-electron chi connectivity index (χ3n) is 5.64. The fraction of sp³-hybridized carbons (Fsp3) is 0.824. The Hall–Kier alpha value is -1.27. The number of aliphatic hydroxyl groups is 5. The Morgan fingerprint density at radius 1 is 1.19 bits per heavy atom. The lowest BCUT2D eigenvalue weighted by Crippen LogP contribution is -2.60. The lowest BCUT2D eigenvalue weighted by molar-refractivity contribution is -0.342. The second-order valence-corrected chi connectivity index (χ2v) is 7.29. The minimum Gasteiger partial charge on any atom is -0.472 e. The van der Waals surface area contributed by atoms with Crippen molar-refractivity contribution in [3.8, 4) is 0 Å². The van der Waals surface area contributed by atoms with Gasteiger partial charge in [-0.3, -0.25) is 0 Å². The first kappa shape index (κ1) is 20.5. The zero-order valence-corrected chi connectivity index (χ0v) is 15.0. The molecule has 154 valence electrons. The molecule has 0 bridgehead atoms. The smallest absolute Gasteiger partial charge is 0.337 e. The summed E-state index contributed by atoms with van der Waals surface area (Å²) in [5.74, 6) is -1.68. The van der Waals surface area contributed by atoms with Crippen molar-refractivity contribution in [2.24, 2.45) is 17.8 Å². The van der Waals surface area contributed by atoms with Gasteiger partial charge in [-0.15, -0.1) is 0 Å². The van der Waals surface area contributed by atoms with Gasteiger partial charge in [0.25, 0.3) is 0 Å². The van der Waals surface area contributed by atoms with Crippen molar-refractivity contribution >= 4 is 5.97 Å². The summed E-state index contributed by atoms with van der Waals surface area (Å²) in [6.07, 6.45) is -7.31. The third-order valence-corrected chi connectivity index (χ3v) is 5.64. The van der Waals surface area contributed by atoms with Gasteiger partial charge >= 0.3 is 5.97 Å². The minimum absolute atomic E-state index is 0.0757. The Labute approximate surface area is 155 Å². The summed E-state index contributed by atoms with van der Waals surface area (Å²) in [5.41, 5.74) is 0.202. The number of rotatable bonds is 4. The summed E-state index contributed by atoms with van der Waals surface area (Å²) in [6, 6.07) is 0. The number of fused-ring (bicyclic) bond motifs is 1. The van der Waals surface area contributed by atoms with Crippen molar-refractivity contribution in [1.29, 1.82) is 0 Å². The van der Waals surface area contributed by atoms with Crippen LogP contribution in [0.1, 0.15) is 13.3 Å². The molecule has 10 heteroatoms. The van der Waals surface area contributed by atoms with Crippen LogP contribution in [0.15, 0.2) is 11.8 Å². The van der Waals surface area contributed by atoms with E-state index in [1.807, 2.05) is 6.92 Å². The molecule has 2 aliphatic heterocycles. The first-order chi connectivity index (χ1) is 12.8. The van der Waals surface area contributed by atoms with Gasteiger partial charge in [-0.05, 0) is 12.3 Å². The second kappa shape index (κ2) is 8.00. The van der Waals surface area contributed by atoms with Crippen LogP contribution in [-0.4, -0.2) is 88.3 Å². The third kappa shape index (κ3) is 3.58. The van der Waals surface area contributed by atoms with E-state index in [9.17, 15) is 30.3 Å². The van der Waals surface area contributed by atoms with Crippen molar-refractivity contribution < 1.29 is 49.3 Å². The van der Waals surface area contributed by atoms with Crippen LogP contribution in [0, 0.1) is 17.8 Å². The molecule has 2 heterocycles. The van der Waals surface area contributed by atoms with Crippen molar-refractivity contribution in [3.63, 3.8) is 0 Å². The number of hydrogen-bond donors (Lipinski definition) is 5. The van der Waals surface area contributed by atoms with E-state index in [0.717, 1.165) is 0 Å². The van der Waals surface area contributed by atoms with Crippen LogP contribution < -0.4 is 0 Å². The molecule has 0 aromatic rings. The van der Waals surface area contributed by atoms with Crippen molar-refractivity contribution in [1.82, 2.24) is 0 Å². The van der Waals surface area contributed by atoms with Crippen LogP contribution in [0.2, 0.25) is 0 Å². The predicted molar refractivity (Wildman–Crippen MR) is 86.6 cm³/mol. The molecule has 0 aromatic heterocycles. The van der Waals surface area contributed by atoms with Crippen LogP contribution in [-0.2, 0) is 23.7 Å². The number of aliphatic hydroxyl groups excluding tert-OH is 5. The van der Waals surface area contributed by atoms with Crippen LogP contribution in [0.4, 0.5) is 0 Å². The molecular weight excluding hydrogens is 364 g/mol. The number of carbonyl (C=O) groups is 1. The molecule has 1 saturated heterocycles.